The van der Waals surface area contributed by atoms with E-state index in [1.54, 1.807) is 0 Å². The zero-order valence-electron chi connectivity index (χ0n) is 10.6. The average Bonchev–Trinajstić information content (AvgIpc) is 2.39. The van der Waals surface area contributed by atoms with Crippen LogP contribution in [0.1, 0.15) is 25.3 Å². The van der Waals surface area contributed by atoms with Crippen molar-refractivity contribution >= 4 is 21.6 Å². The second kappa shape index (κ2) is 5.73. The second-order valence-electron chi connectivity index (χ2n) is 4.84. The van der Waals surface area contributed by atoms with Crippen LogP contribution in [0.25, 0.3) is 0 Å². The second-order valence-corrected chi connectivity index (χ2v) is 5.70. The van der Waals surface area contributed by atoms with Crippen molar-refractivity contribution in [3.8, 4) is 6.07 Å². The Bertz CT molecular complexity index is 467. The maximum atomic E-state index is 8.92. The highest BCUT2D eigenvalue weighted by atomic mass is 79.9. The normalized spacial score (nSPS) is 23.8. The number of nitrogens with zero attached hydrogens (tertiary/aromatic N) is 2. The monoisotopic (exact) mass is 307 g/mol. The first-order chi connectivity index (χ1) is 8.65. The van der Waals surface area contributed by atoms with Crippen molar-refractivity contribution < 1.29 is 0 Å². The SMILES string of the molecule is CCC1CN(c2ccc(C#N)c(Br)c2)CCC1N. The summed E-state index contributed by atoms with van der Waals surface area (Å²) in [5.41, 5.74) is 7.98. The lowest BCUT2D eigenvalue weighted by Crippen LogP contribution is -2.46. The Morgan fingerprint density at radius 1 is 1.56 bits per heavy atom. The van der Waals surface area contributed by atoms with Crippen LogP contribution < -0.4 is 10.6 Å². The predicted octanol–water partition coefficient (Wildman–Crippen LogP) is 2.88. The number of rotatable bonds is 2. The summed E-state index contributed by atoms with van der Waals surface area (Å²) >= 11 is 3.44. The first kappa shape index (κ1) is 13.4. The molecule has 2 unspecified atom stereocenters. The lowest BCUT2D eigenvalue weighted by molar-refractivity contribution is 0.348. The predicted molar refractivity (Wildman–Crippen MR) is 77.4 cm³/mol. The van der Waals surface area contributed by atoms with Gasteiger partial charge in [0.25, 0.3) is 0 Å². The number of anilines is 1. The summed E-state index contributed by atoms with van der Waals surface area (Å²) in [4.78, 5) is 2.36. The van der Waals surface area contributed by atoms with E-state index in [4.69, 9.17) is 11.0 Å². The van der Waals surface area contributed by atoms with E-state index >= 15 is 0 Å². The average molecular weight is 308 g/mol. The summed E-state index contributed by atoms with van der Waals surface area (Å²) in [5, 5.41) is 8.92. The zero-order valence-corrected chi connectivity index (χ0v) is 12.2. The molecule has 0 saturated carbocycles. The van der Waals surface area contributed by atoms with Gasteiger partial charge in [0.15, 0.2) is 0 Å². The molecule has 0 aromatic heterocycles. The lowest BCUT2D eigenvalue weighted by Gasteiger charge is -2.38. The van der Waals surface area contributed by atoms with Gasteiger partial charge in [0, 0.05) is 29.3 Å². The van der Waals surface area contributed by atoms with Crippen LogP contribution in [0.15, 0.2) is 22.7 Å². The highest BCUT2D eigenvalue weighted by Gasteiger charge is 2.25. The van der Waals surface area contributed by atoms with Crippen molar-refractivity contribution in [1.29, 1.82) is 5.26 Å². The summed E-state index contributed by atoms with van der Waals surface area (Å²) in [7, 11) is 0. The summed E-state index contributed by atoms with van der Waals surface area (Å²) in [5.74, 6) is 0.563. The molecule has 1 aromatic carbocycles. The van der Waals surface area contributed by atoms with Gasteiger partial charge in [-0.15, -0.1) is 0 Å². The Balaban J connectivity index is 2.17. The highest BCUT2D eigenvalue weighted by molar-refractivity contribution is 9.10. The molecule has 2 N–H and O–H groups in total. The molecule has 2 atom stereocenters. The molecule has 1 aromatic rings. The van der Waals surface area contributed by atoms with Crippen LogP contribution in [0, 0.1) is 17.2 Å². The number of hydrogen-bond donors (Lipinski definition) is 1. The van der Waals surface area contributed by atoms with Crippen LogP contribution in [0.5, 0.6) is 0 Å². The standard InChI is InChI=1S/C14H18BrN3/c1-2-10-9-18(6-5-14(10)17)12-4-3-11(8-16)13(15)7-12/h3-4,7,10,14H,2,5-6,9,17H2,1H3. The van der Waals surface area contributed by atoms with Gasteiger partial charge < -0.3 is 10.6 Å². The van der Waals surface area contributed by atoms with Crippen molar-refractivity contribution in [1.82, 2.24) is 0 Å². The smallest absolute Gasteiger partial charge is 0.100 e. The van der Waals surface area contributed by atoms with Crippen LogP contribution in [-0.4, -0.2) is 19.1 Å². The van der Waals surface area contributed by atoms with Gasteiger partial charge in [0.1, 0.15) is 6.07 Å². The summed E-state index contributed by atoms with van der Waals surface area (Å²) in [6.07, 6.45) is 2.16. The van der Waals surface area contributed by atoms with E-state index < -0.39 is 0 Å². The minimum Gasteiger partial charge on any atom is -0.371 e. The molecule has 0 spiro atoms. The van der Waals surface area contributed by atoms with Gasteiger partial charge in [-0.3, -0.25) is 0 Å². The van der Waals surface area contributed by atoms with Crippen molar-refractivity contribution in [2.24, 2.45) is 11.7 Å². The van der Waals surface area contributed by atoms with Gasteiger partial charge in [-0.1, -0.05) is 13.3 Å². The molecule has 0 bridgehead atoms. The Hall–Kier alpha value is -1.05. The third-order valence-electron chi connectivity index (χ3n) is 3.76. The van der Waals surface area contributed by atoms with Gasteiger partial charge in [0.05, 0.1) is 5.56 Å². The molecule has 1 fully saturated rings. The molecule has 1 aliphatic heterocycles. The Morgan fingerprint density at radius 3 is 2.94 bits per heavy atom. The molecule has 1 saturated heterocycles. The van der Waals surface area contributed by atoms with E-state index in [0.29, 0.717) is 17.5 Å². The van der Waals surface area contributed by atoms with Crippen LogP contribution >= 0.6 is 15.9 Å². The molecule has 4 heteroatoms. The van der Waals surface area contributed by atoms with E-state index in [0.717, 1.165) is 30.4 Å². The first-order valence-electron chi connectivity index (χ1n) is 6.36. The molecule has 96 valence electrons. The number of benzene rings is 1. The summed E-state index contributed by atoms with van der Waals surface area (Å²) in [6.45, 7) is 4.20. The maximum absolute atomic E-state index is 8.92. The summed E-state index contributed by atoms with van der Waals surface area (Å²) < 4.78 is 0.866. The Kier molecular flexibility index (Phi) is 4.26. The first-order valence-corrected chi connectivity index (χ1v) is 7.15. The van der Waals surface area contributed by atoms with Crippen LogP contribution in [0.2, 0.25) is 0 Å². The van der Waals surface area contributed by atoms with E-state index in [1.807, 2.05) is 18.2 Å². The Morgan fingerprint density at radius 2 is 2.33 bits per heavy atom. The fourth-order valence-electron chi connectivity index (χ4n) is 2.51. The van der Waals surface area contributed by atoms with Gasteiger partial charge in [-0.2, -0.15) is 5.26 Å². The number of piperidine rings is 1. The molecule has 18 heavy (non-hydrogen) atoms. The molecule has 2 rings (SSSR count). The third-order valence-corrected chi connectivity index (χ3v) is 4.41. The number of nitrogens with two attached hydrogens (primary N) is 1. The van der Waals surface area contributed by atoms with Gasteiger partial charge in [-0.25, -0.2) is 0 Å². The minimum atomic E-state index is 0.327. The molecule has 1 heterocycles. The molecule has 0 aliphatic carbocycles. The van der Waals surface area contributed by atoms with Crippen LogP contribution in [0.3, 0.4) is 0 Å². The fraction of sp³-hybridized carbons (Fsp3) is 0.500. The molecule has 1 aliphatic rings. The molecule has 0 radical (unpaired) electrons. The third kappa shape index (κ3) is 2.68. The topological polar surface area (TPSA) is 53.0 Å². The molecule has 3 nitrogen and oxygen atoms in total. The van der Waals surface area contributed by atoms with Crippen molar-refractivity contribution in [2.45, 2.75) is 25.8 Å². The number of halogens is 1. The van der Waals surface area contributed by atoms with Gasteiger partial charge >= 0.3 is 0 Å². The van der Waals surface area contributed by atoms with Crippen molar-refractivity contribution in [3.05, 3.63) is 28.2 Å². The van der Waals surface area contributed by atoms with Gasteiger partial charge in [-0.05, 0) is 46.5 Å². The van der Waals surface area contributed by atoms with Gasteiger partial charge in [0.2, 0.25) is 0 Å². The van der Waals surface area contributed by atoms with Crippen LogP contribution in [-0.2, 0) is 0 Å². The summed E-state index contributed by atoms with van der Waals surface area (Å²) in [6, 6.07) is 8.41. The molecular formula is C14H18BrN3. The number of hydrogen-bond acceptors (Lipinski definition) is 3. The van der Waals surface area contributed by atoms with Crippen molar-refractivity contribution in [3.63, 3.8) is 0 Å². The van der Waals surface area contributed by atoms with Crippen molar-refractivity contribution in [2.75, 3.05) is 18.0 Å². The van der Waals surface area contributed by atoms with E-state index in [9.17, 15) is 0 Å². The maximum Gasteiger partial charge on any atom is 0.100 e. The quantitative estimate of drug-likeness (QED) is 0.914. The highest BCUT2D eigenvalue weighted by Crippen LogP contribution is 2.28. The van der Waals surface area contributed by atoms with E-state index in [1.165, 1.54) is 5.69 Å². The Labute approximate surface area is 117 Å². The van der Waals surface area contributed by atoms with E-state index in [2.05, 4.69) is 33.8 Å². The minimum absolute atomic E-state index is 0.327. The zero-order chi connectivity index (χ0) is 13.1. The molecular weight excluding hydrogens is 290 g/mol. The largest absolute Gasteiger partial charge is 0.371 e. The molecule has 0 amide bonds. The van der Waals surface area contributed by atoms with E-state index in [-0.39, 0.29) is 0 Å². The van der Waals surface area contributed by atoms with Crippen LogP contribution in [0.4, 0.5) is 5.69 Å². The fourth-order valence-corrected chi connectivity index (χ4v) is 2.96. The lowest BCUT2D eigenvalue weighted by atomic mass is 9.90. The number of nitriles is 1.